The van der Waals surface area contributed by atoms with Crippen LogP contribution in [0.3, 0.4) is 0 Å². The molecule has 0 saturated carbocycles. The summed E-state index contributed by atoms with van der Waals surface area (Å²) in [7, 11) is 1.46. The minimum atomic E-state index is 0. The fourth-order valence-corrected chi connectivity index (χ4v) is 10.8. The Balaban J connectivity index is -0.000000115. The van der Waals surface area contributed by atoms with E-state index in [1.165, 1.54) is 43.4 Å². The Bertz CT molecular complexity index is 459. The van der Waals surface area contributed by atoms with E-state index in [0.29, 0.717) is 37.1 Å². The minimum absolute atomic E-state index is 0. The van der Waals surface area contributed by atoms with Crippen molar-refractivity contribution in [1.29, 1.82) is 0 Å². The second kappa shape index (κ2) is 49.0. The van der Waals surface area contributed by atoms with Gasteiger partial charge in [0.25, 0.3) is 0 Å². The molecule has 1 unspecified atom stereocenters. The molecule has 0 fully saturated rings. The van der Waals surface area contributed by atoms with E-state index in [9.17, 15) is 0 Å². The first kappa shape index (κ1) is 56.1. The third kappa shape index (κ3) is 52.4. The quantitative estimate of drug-likeness (QED) is 0.0847. The van der Waals surface area contributed by atoms with Crippen LogP contribution in [0, 0.1) is 38.9 Å². The maximum Gasteiger partial charge on any atom is 0 e. The van der Waals surface area contributed by atoms with Gasteiger partial charge in [-0.1, -0.05) is 60.8 Å². The van der Waals surface area contributed by atoms with Gasteiger partial charge in [0, 0.05) is 18.6 Å². The van der Waals surface area contributed by atoms with Gasteiger partial charge >= 0.3 is 45.2 Å². The van der Waals surface area contributed by atoms with Crippen molar-refractivity contribution in [2.24, 2.45) is 5.41 Å². The van der Waals surface area contributed by atoms with Gasteiger partial charge < -0.3 is 6.92 Å². The summed E-state index contributed by atoms with van der Waals surface area (Å²) in [5, 5.41) is 0. The fourth-order valence-electron chi connectivity index (χ4n) is 3.17. The first-order valence-corrected chi connectivity index (χ1v) is 21.5. The molecule has 9 heteroatoms. The summed E-state index contributed by atoms with van der Waals surface area (Å²) in [6, 6.07) is 0. The van der Waals surface area contributed by atoms with Gasteiger partial charge in [-0.15, -0.1) is 31.7 Å². The average Bonchev–Trinajstić information content (AvgIpc) is 2.97. The molecule has 0 N–H and O–H groups in total. The van der Waals surface area contributed by atoms with Gasteiger partial charge in [-0.3, -0.25) is 0 Å². The third-order valence-electron chi connectivity index (χ3n) is 5.99. The van der Waals surface area contributed by atoms with Gasteiger partial charge in [0.15, 0.2) is 0 Å². The van der Waals surface area contributed by atoms with Crippen molar-refractivity contribution in [2.45, 2.75) is 81.1 Å². The van der Waals surface area contributed by atoms with E-state index in [1.54, 1.807) is 43.7 Å². The maximum absolute atomic E-state index is 7.50. The molecular weight excluding hydrogens is 599 g/mol. The smallest absolute Gasteiger partial charge is 0 e. The van der Waals surface area contributed by atoms with Crippen molar-refractivity contribution in [2.75, 3.05) is 74.4 Å². The molecule has 0 aliphatic carbocycles. The van der Waals surface area contributed by atoms with Crippen LogP contribution in [0.15, 0.2) is 0 Å². The van der Waals surface area contributed by atoms with E-state index < -0.39 is 0 Å². The molecule has 0 heterocycles. The Hall–Kier alpha value is 1.26. The van der Waals surface area contributed by atoms with E-state index in [0.717, 1.165) is 6.42 Å². The molecule has 229 valence electrons. The van der Waals surface area contributed by atoms with Gasteiger partial charge in [0.05, 0.1) is 0 Å². The Morgan fingerprint density at radius 2 is 0.744 bits per heavy atom. The van der Waals surface area contributed by atoms with Crippen molar-refractivity contribution in [3.63, 3.8) is 0 Å². The molecule has 0 spiro atoms. The summed E-state index contributed by atoms with van der Waals surface area (Å²) in [6.45, 7) is 42.8. The molecule has 0 aliphatic heterocycles. The molecule has 0 aromatic heterocycles. The van der Waals surface area contributed by atoms with Crippen LogP contribution in [0.5, 0.6) is 0 Å². The Morgan fingerprint density at radius 3 is 0.949 bits per heavy atom. The molecule has 0 rings (SSSR count). The van der Waals surface area contributed by atoms with Gasteiger partial charge in [-0.25, -0.2) is 0 Å². The van der Waals surface area contributed by atoms with Crippen LogP contribution in [-0.2, 0) is 37.2 Å². The zero-order valence-electron chi connectivity index (χ0n) is 26.7. The molecule has 4 nitrogen and oxygen atoms in total. The minimum Gasteiger partial charge on any atom is -0.343 e. The van der Waals surface area contributed by atoms with Crippen LogP contribution in [-0.4, -0.2) is 74.4 Å². The second-order valence-corrected chi connectivity index (χ2v) is 21.2. The van der Waals surface area contributed by atoms with Crippen LogP contribution >= 0.6 is 31.7 Å². The Kier molecular flexibility index (Phi) is 70.4. The van der Waals surface area contributed by atoms with E-state index in [4.69, 9.17) is 18.6 Å². The van der Waals surface area contributed by atoms with Crippen molar-refractivity contribution in [3.05, 3.63) is 33.5 Å². The molecule has 1 radical (unpaired) electrons. The summed E-state index contributed by atoms with van der Waals surface area (Å²) in [5.41, 5.74) is 0.431. The van der Waals surface area contributed by atoms with E-state index in [-0.39, 0.29) is 18.6 Å². The molecule has 0 saturated heterocycles. The average molecular weight is 659 g/mol. The van der Waals surface area contributed by atoms with Crippen LogP contribution < -0.4 is 0 Å². The van der Waals surface area contributed by atoms with Crippen molar-refractivity contribution in [1.82, 2.24) is 0 Å². The van der Waals surface area contributed by atoms with Crippen LogP contribution in [0.4, 0.5) is 0 Å². The molecule has 0 aromatic rings. The van der Waals surface area contributed by atoms with Crippen LogP contribution in [0.1, 0.15) is 81.1 Å². The first-order chi connectivity index (χ1) is 18.2. The van der Waals surface area contributed by atoms with Crippen LogP contribution in [0.25, 0.3) is 0 Å². The van der Waals surface area contributed by atoms with E-state index >= 15 is 0 Å². The Labute approximate surface area is 262 Å². The second-order valence-electron chi connectivity index (χ2n) is 9.66. The molecule has 0 bridgehead atoms. The van der Waals surface area contributed by atoms with Gasteiger partial charge in [-0.05, 0) is 93.7 Å². The summed E-state index contributed by atoms with van der Waals surface area (Å²) >= 11 is 0. The van der Waals surface area contributed by atoms with E-state index in [1.807, 2.05) is 0 Å². The van der Waals surface area contributed by atoms with Gasteiger partial charge in [0.1, 0.15) is 0 Å². The Morgan fingerprint density at radius 1 is 0.513 bits per heavy atom. The number of hydrogen-bond acceptors (Lipinski definition) is 0. The standard InChI is InChI=1S/C20H46P4.C6H13.4CO.V/c1-7-21(6)15-12-18-24(19-13-16-22(8-2)9-3)20-14-17-23(10-4)11-5;1-5-6(2,3)4;4*1-2;/h7-20H2,1-6H3;1,5H2,2-4H3;;;;;/q;-1;;;;;. The summed E-state index contributed by atoms with van der Waals surface area (Å²) < 4.78 is 30.0. The monoisotopic (exact) mass is 658 g/mol. The van der Waals surface area contributed by atoms with Crippen molar-refractivity contribution >= 4 is 31.7 Å². The largest absolute Gasteiger partial charge is 0.343 e. The molecule has 1 atom stereocenters. The summed E-state index contributed by atoms with van der Waals surface area (Å²) in [5.74, 6) is 0. The SMILES string of the molecule is CCP(C)CCCP(CCCP(CC)CC)CCCP(CC)CC.[C-]#[O+].[C-]#[O+].[C-]#[O+].[C-]#[O+].[CH2-]CC(C)(C)C.[V]. The molecule has 39 heavy (non-hydrogen) atoms. The zero-order valence-corrected chi connectivity index (χ0v) is 31.7. The molecule has 0 aliphatic rings. The predicted molar refractivity (Wildman–Crippen MR) is 175 cm³/mol. The van der Waals surface area contributed by atoms with Crippen molar-refractivity contribution in [3.8, 4) is 0 Å². The normalized spacial score (nSPS) is 10.3. The predicted octanol–water partition coefficient (Wildman–Crippen LogP) is 9.92. The summed E-state index contributed by atoms with van der Waals surface area (Å²) in [4.78, 5) is 0. The van der Waals surface area contributed by atoms with Crippen LogP contribution in [0.2, 0.25) is 0 Å². The zero-order chi connectivity index (χ0) is 31.4. The number of rotatable bonds is 17. The van der Waals surface area contributed by atoms with Gasteiger partial charge in [0.2, 0.25) is 0 Å². The van der Waals surface area contributed by atoms with Gasteiger partial charge in [-0.2, -0.15) is 6.42 Å². The number of hydrogen-bond donors (Lipinski definition) is 0. The summed E-state index contributed by atoms with van der Waals surface area (Å²) in [6.07, 6.45) is 22.4. The first-order valence-electron chi connectivity index (χ1n) is 13.6. The molecular formula is C30H59O4P4V-. The molecule has 0 amide bonds. The van der Waals surface area contributed by atoms with E-state index in [2.05, 4.69) is 95.6 Å². The maximum atomic E-state index is 7.50. The molecule has 0 aromatic carbocycles. The topological polar surface area (TPSA) is 79.6 Å². The fraction of sp³-hybridized carbons (Fsp3) is 0.833. The van der Waals surface area contributed by atoms with Crippen molar-refractivity contribution < 1.29 is 37.2 Å². The third-order valence-corrected chi connectivity index (χ3v) is 16.5.